The molecule has 2 aromatic rings. The van der Waals surface area contributed by atoms with Gasteiger partial charge >= 0.3 is 0 Å². The fourth-order valence-corrected chi connectivity index (χ4v) is 6.80. The third-order valence-corrected chi connectivity index (χ3v) is 9.27. The summed E-state index contributed by atoms with van der Waals surface area (Å²) in [6, 6.07) is 5.79. The molecule has 0 unspecified atom stereocenters. The number of hydrogen-bond acceptors (Lipinski definition) is 6. The third kappa shape index (κ3) is 5.94. The monoisotopic (exact) mass is 503 g/mol. The number of sulfonamides is 1. The third-order valence-electron chi connectivity index (χ3n) is 7.26. The fourth-order valence-electron chi connectivity index (χ4n) is 5.07. The van der Waals surface area contributed by atoms with Crippen LogP contribution in [0.1, 0.15) is 49.9 Å². The van der Waals surface area contributed by atoms with Crippen LogP contribution in [0, 0.1) is 0 Å². The lowest BCUT2D eigenvalue weighted by atomic mass is 10.1. The number of carbonyl (C=O) groups is 1. The molecule has 4 rings (SSSR count). The molecule has 35 heavy (non-hydrogen) atoms. The molecule has 0 saturated carbocycles. The Hall–Kier alpha value is -2.27. The predicted molar refractivity (Wildman–Crippen MR) is 137 cm³/mol. The number of piperidine rings is 1. The molecule has 0 radical (unpaired) electrons. The van der Waals surface area contributed by atoms with Gasteiger partial charge in [0.15, 0.2) is 0 Å². The first-order valence-electron chi connectivity index (χ1n) is 12.7. The second-order valence-electron chi connectivity index (χ2n) is 9.60. The van der Waals surface area contributed by atoms with Gasteiger partial charge in [-0.25, -0.2) is 8.42 Å². The lowest BCUT2D eigenvalue weighted by molar-refractivity contribution is 0.0949. The fraction of sp³-hybridized carbons (Fsp3) is 0.600. The molecule has 1 aromatic heterocycles. The summed E-state index contributed by atoms with van der Waals surface area (Å²) in [4.78, 5) is 32.9. The zero-order valence-corrected chi connectivity index (χ0v) is 21.6. The molecule has 192 valence electrons. The number of H-pyrrole nitrogens is 1. The van der Waals surface area contributed by atoms with Gasteiger partial charge in [-0.05, 0) is 57.5 Å². The molecule has 2 aliphatic rings. The van der Waals surface area contributed by atoms with Crippen molar-refractivity contribution in [3.8, 4) is 0 Å². The van der Waals surface area contributed by atoms with Crippen LogP contribution in [-0.2, 0) is 10.0 Å². The standard InChI is InChI=1S/C25H37N5O4S/c1-3-28-13-15-29(16-14-28)11-6-10-26-25(32)22-18-24(31)27-23-9-8-20(17-21(22)23)35(33,34)30-12-5-4-7-19(30)2/h8-9,17-19H,3-7,10-16H2,1-2H3,(H,26,32)(H,27,31)/t19-/m0/s1. The zero-order chi connectivity index (χ0) is 25.0. The molecule has 2 N–H and O–H groups in total. The summed E-state index contributed by atoms with van der Waals surface area (Å²) in [5.74, 6) is -0.363. The number of fused-ring (bicyclic) bond motifs is 1. The summed E-state index contributed by atoms with van der Waals surface area (Å²) in [5.41, 5.74) is 0.253. The second-order valence-corrected chi connectivity index (χ2v) is 11.5. The van der Waals surface area contributed by atoms with Gasteiger partial charge in [-0.15, -0.1) is 0 Å². The number of likely N-dealkylation sites (N-methyl/N-ethyl adjacent to an activating group) is 1. The van der Waals surface area contributed by atoms with Crippen molar-refractivity contribution < 1.29 is 13.2 Å². The maximum atomic E-state index is 13.3. The van der Waals surface area contributed by atoms with E-state index in [1.165, 1.54) is 18.2 Å². The van der Waals surface area contributed by atoms with Gasteiger partial charge in [0.1, 0.15) is 0 Å². The minimum Gasteiger partial charge on any atom is -0.352 e. The van der Waals surface area contributed by atoms with Crippen molar-refractivity contribution >= 4 is 26.8 Å². The van der Waals surface area contributed by atoms with E-state index in [1.807, 2.05) is 6.92 Å². The van der Waals surface area contributed by atoms with E-state index in [0.29, 0.717) is 24.0 Å². The number of pyridine rings is 1. The van der Waals surface area contributed by atoms with Gasteiger partial charge in [0.2, 0.25) is 15.6 Å². The van der Waals surface area contributed by atoms with Crippen LogP contribution in [0.5, 0.6) is 0 Å². The van der Waals surface area contributed by atoms with Crippen LogP contribution in [0.2, 0.25) is 0 Å². The molecule has 9 nitrogen and oxygen atoms in total. The SMILES string of the molecule is CCN1CCN(CCCNC(=O)c2cc(=O)[nH]c3ccc(S(=O)(=O)N4CCCC[C@@H]4C)cc23)CC1. The summed E-state index contributed by atoms with van der Waals surface area (Å²) < 4.78 is 28.2. The highest BCUT2D eigenvalue weighted by molar-refractivity contribution is 7.89. The largest absolute Gasteiger partial charge is 0.352 e. The first kappa shape index (κ1) is 25.8. The molecular formula is C25H37N5O4S. The number of nitrogens with one attached hydrogen (secondary N) is 2. The van der Waals surface area contributed by atoms with E-state index in [4.69, 9.17) is 0 Å². The highest BCUT2D eigenvalue weighted by Crippen LogP contribution is 2.27. The Bertz CT molecular complexity index is 1200. The van der Waals surface area contributed by atoms with E-state index in [1.54, 1.807) is 10.4 Å². The van der Waals surface area contributed by atoms with Crippen molar-refractivity contribution in [1.29, 1.82) is 0 Å². The van der Waals surface area contributed by atoms with Gasteiger partial charge in [0.25, 0.3) is 5.91 Å². The maximum Gasteiger partial charge on any atom is 0.252 e. The van der Waals surface area contributed by atoms with Crippen molar-refractivity contribution in [3.63, 3.8) is 0 Å². The first-order valence-corrected chi connectivity index (χ1v) is 14.2. The minimum atomic E-state index is -3.69. The quantitative estimate of drug-likeness (QED) is 0.533. The Morgan fingerprint density at radius 2 is 1.83 bits per heavy atom. The molecule has 0 spiro atoms. The summed E-state index contributed by atoms with van der Waals surface area (Å²) in [6.45, 7) is 11.3. The van der Waals surface area contributed by atoms with Gasteiger partial charge in [-0.1, -0.05) is 13.3 Å². The molecule has 0 bridgehead atoms. The van der Waals surface area contributed by atoms with E-state index in [-0.39, 0.29) is 22.4 Å². The number of hydrogen-bond donors (Lipinski definition) is 2. The van der Waals surface area contributed by atoms with Crippen LogP contribution in [0.3, 0.4) is 0 Å². The van der Waals surface area contributed by atoms with Crippen LogP contribution < -0.4 is 10.9 Å². The Labute approximate surface area is 207 Å². The number of carbonyl (C=O) groups excluding carboxylic acids is 1. The van der Waals surface area contributed by atoms with E-state index < -0.39 is 15.6 Å². The molecule has 0 aliphatic carbocycles. The lowest BCUT2D eigenvalue weighted by Gasteiger charge is -2.33. The van der Waals surface area contributed by atoms with Gasteiger partial charge in [0.05, 0.1) is 10.5 Å². The van der Waals surface area contributed by atoms with Crippen LogP contribution in [-0.4, -0.2) is 91.8 Å². The number of aromatic amines is 1. The van der Waals surface area contributed by atoms with Gasteiger partial charge < -0.3 is 20.1 Å². The number of rotatable bonds is 8. The van der Waals surface area contributed by atoms with Crippen LogP contribution >= 0.6 is 0 Å². The first-order chi connectivity index (χ1) is 16.8. The number of benzene rings is 1. The predicted octanol–water partition coefficient (Wildman–Crippen LogP) is 1.85. The Kier molecular flexibility index (Phi) is 8.26. The van der Waals surface area contributed by atoms with Gasteiger partial charge in [-0.3, -0.25) is 9.59 Å². The lowest BCUT2D eigenvalue weighted by Crippen LogP contribution is -2.46. The molecule has 1 atom stereocenters. The summed E-state index contributed by atoms with van der Waals surface area (Å²) in [6.07, 6.45) is 3.51. The highest BCUT2D eigenvalue weighted by atomic mass is 32.2. The van der Waals surface area contributed by atoms with Crippen molar-refractivity contribution in [3.05, 3.63) is 40.2 Å². The molecule has 1 aromatic carbocycles. The Morgan fingerprint density at radius 1 is 1.09 bits per heavy atom. The van der Waals surface area contributed by atoms with Crippen LogP contribution in [0.4, 0.5) is 0 Å². The second kappa shape index (κ2) is 11.2. The minimum absolute atomic E-state index is 0.0623. The van der Waals surface area contributed by atoms with Gasteiger partial charge in [-0.2, -0.15) is 4.31 Å². The number of amides is 1. The number of piperazine rings is 1. The summed E-state index contributed by atoms with van der Waals surface area (Å²) in [7, 11) is -3.69. The molecule has 10 heteroatoms. The van der Waals surface area contributed by atoms with Crippen molar-refractivity contribution in [2.24, 2.45) is 0 Å². The van der Waals surface area contributed by atoms with Crippen LogP contribution in [0.25, 0.3) is 10.9 Å². The van der Waals surface area contributed by atoms with E-state index >= 15 is 0 Å². The Balaban J connectivity index is 1.47. The smallest absolute Gasteiger partial charge is 0.252 e. The normalized spacial score (nSPS) is 20.8. The number of aromatic nitrogens is 1. The van der Waals surface area contributed by atoms with Crippen LogP contribution in [0.15, 0.2) is 34.0 Å². The number of nitrogens with zero attached hydrogens (tertiary/aromatic N) is 3. The van der Waals surface area contributed by atoms with Crippen molar-refractivity contribution in [2.45, 2.75) is 50.5 Å². The summed E-state index contributed by atoms with van der Waals surface area (Å²) >= 11 is 0. The van der Waals surface area contributed by atoms with E-state index in [9.17, 15) is 18.0 Å². The summed E-state index contributed by atoms with van der Waals surface area (Å²) in [5, 5.41) is 3.35. The topological polar surface area (TPSA) is 106 Å². The zero-order valence-electron chi connectivity index (χ0n) is 20.8. The van der Waals surface area contributed by atoms with Gasteiger partial charge in [0, 0.05) is 62.3 Å². The average Bonchev–Trinajstić information content (AvgIpc) is 2.86. The molecule has 2 saturated heterocycles. The average molecular weight is 504 g/mol. The van der Waals surface area contributed by atoms with E-state index in [2.05, 4.69) is 27.0 Å². The highest BCUT2D eigenvalue weighted by Gasteiger charge is 2.31. The van der Waals surface area contributed by atoms with Crippen molar-refractivity contribution in [1.82, 2.24) is 24.4 Å². The molecular weight excluding hydrogens is 466 g/mol. The molecule has 2 fully saturated rings. The Morgan fingerprint density at radius 3 is 2.54 bits per heavy atom. The van der Waals surface area contributed by atoms with Crippen molar-refractivity contribution in [2.75, 3.05) is 52.4 Å². The van der Waals surface area contributed by atoms with E-state index in [0.717, 1.165) is 65.0 Å². The molecule has 1 amide bonds. The maximum absolute atomic E-state index is 13.3. The molecule has 2 aliphatic heterocycles. The molecule has 3 heterocycles.